The molecule has 4 aromatic rings. The van der Waals surface area contributed by atoms with Gasteiger partial charge in [-0.05, 0) is 74.6 Å². The Hall–Kier alpha value is -2.91. The molecule has 3 heteroatoms. The lowest BCUT2D eigenvalue weighted by Crippen LogP contribution is -1.97. The van der Waals surface area contributed by atoms with E-state index in [1.165, 1.54) is 16.3 Å². The highest BCUT2D eigenvalue weighted by Crippen LogP contribution is 2.28. The van der Waals surface area contributed by atoms with Crippen LogP contribution in [0, 0.1) is 6.92 Å². The van der Waals surface area contributed by atoms with Crippen LogP contribution in [0.4, 0.5) is 5.69 Å². The Morgan fingerprint density at radius 2 is 1.68 bits per heavy atom. The number of benzene rings is 4. The second-order valence-corrected chi connectivity index (χ2v) is 7.52. The number of fused-ring (bicyclic) bond motifs is 1. The van der Waals surface area contributed by atoms with Crippen molar-refractivity contribution in [2.45, 2.75) is 13.5 Å². The minimum Gasteiger partial charge on any atom is -0.488 e. The van der Waals surface area contributed by atoms with Gasteiger partial charge in [0.05, 0.1) is 10.2 Å². The third kappa shape index (κ3) is 4.15. The van der Waals surface area contributed by atoms with Crippen LogP contribution in [0.3, 0.4) is 0 Å². The van der Waals surface area contributed by atoms with Gasteiger partial charge in [0.25, 0.3) is 0 Å². The molecule has 0 spiro atoms. The molecule has 0 aliphatic rings. The molecule has 0 amide bonds. The van der Waals surface area contributed by atoms with Gasteiger partial charge in [-0.1, -0.05) is 60.7 Å². The van der Waals surface area contributed by atoms with Crippen LogP contribution in [0.1, 0.15) is 16.7 Å². The fourth-order valence-electron chi connectivity index (χ4n) is 3.14. The van der Waals surface area contributed by atoms with Crippen LogP contribution in [-0.2, 0) is 6.61 Å². The number of para-hydroxylation sites is 1. The summed E-state index contributed by atoms with van der Waals surface area (Å²) in [6.07, 6.45) is 1.88. The van der Waals surface area contributed by atoms with E-state index in [0.29, 0.717) is 6.61 Å². The number of hydrogen-bond donors (Lipinski definition) is 0. The Morgan fingerprint density at radius 3 is 2.54 bits per heavy atom. The van der Waals surface area contributed by atoms with Gasteiger partial charge in [0.1, 0.15) is 12.4 Å². The Labute approximate surface area is 173 Å². The molecule has 28 heavy (non-hydrogen) atoms. The van der Waals surface area contributed by atoms with E-state index < -0.39 is 0 Å². The molecule has 4 rings (SSSR count). The Bertz CT molecular complexity index is 1140. The average Bonchev–Trinajstić information content (AvgIpc) is 2.72. The predicted octanol–water partition coefficient (Wildman–Crippen LogP) is 7.24. The number of aliphatic imine (C=N–C) groups is 1. The molecule has 4 aromatic carbocycles. The third-order valence-corrected chi connectivity index (χ3v) is 5.31. The second kappa shape index (κ2) is 8.41. The van der Waals surface area contributed by atoms with E-state index in [-0.39, 0.29) is 0 Å². The molecule has 138 valence electrons. The van der Waals surface area contributed by atoms with Crippen LogP contribution in [0.25, 0.3) is 10.8 Å². The van der Waals surface area contributed by atoms with Crippen LogP contribution in [0.15, 0.2) is 94.4 Å². The van der Waals surface area contributed by atoms with Crippen molar-refractivity contribution in [1.29, 1.82) is 0 Å². The van der Waals surface area contributed by atoms with E-state index in [1.807, 2.05) is 42.6 Å². The van der Waals surface area contributed by atoms with Crippen molar-refractivity contribution in [1.82, 2.24) is 0 Å². The predicted molar refractivity (Wildman–Crippen MR) is 121 cm³/mol. The van der Waals surface area contributed by atoms with Gasteiger partial charge in [-0.3, -0.25) is 4.99 Å². The number of nitrogens with zero attached hydrogens (tertiary/aromatic N) is 1. The highest BCUT2D eigenvalue weighted by Gasteiger charge is 2.05. The van der Waals surface area contributed by atoms with E-state index in [0.717, 1.165) is 27.0 Å². The molecule has 0 radical (unpaired) electrons. The third-order valence-electron chi connectivity index (χ3n) is 4.69. The molecular formula is C25H20BrNO. The minimum absolute atomic E-state index is 0.524. The van der Waals surface area contributed by atoms with Crippen molar-refractivity contribution in [3.8, 4) is 5.75 Å². The first kappa shape index (κ1) is 18.5. The zero-order chi connectivity index (χ0) is 19.3. The zero-order valence-electron chi connectivity index (χ0n) is 15.6. The van der Waals surface area contributed by atoms with Crippen molar-refractivity contribution < 1.29 is 4.74 Å². The van der Waals surface area contributed by atoms with Gasteiger partial charge < -0.3 is 4.74 Å². The molecule has 0 heterocycles. The smallest absolute Gasteiger partial charge is 0.134 e. The van der Waals surface area contributed by atoms with Crippen molar-refractivity contribution in [3.63, 3.8) is 0 Å². The fourth-order valence-corrected chi connectivity index (χ4v) is 3.65. The maximum atomic E-state index is 6.08. The SMILES string of the molecule is Cc1ccccc1N=Cc1ccc(OCc2cccc3ccccc23)c(Br)c1. The number of ether oxygens (including phenoxy) is 1. The maximum Gasteiger partial charge on any atom is 0.134 e. The highest BCUT2D eigenvalue weighted by atomic mass is 79.9. The maximum absolute atomic E-state index is 6.08. The fraction of sp³-hybridized carbons (Fsp3) is 0.0800. The largest absolute Gasteiger partial charge is 0.488 e. The first-order chi connectivity index (χ1) is 13.7. The van der Waals surface area contributed by atoms with Crippen molar-refractivity contribution >= 4 is 38.6 Å². The lowest BCUT2D eigenvalue weighted by Gasteiger charge is -2.11. The molecule has 0 saturated heterocycles. The van der Waals surface area contributed by atoms with Gasteiger partial charge in [-0.15, -0.1) is 0 Å². The summed E-state index contributed by atoms with van der Waals surface area (Å²) in [6, 6.07) is 28.8. The molecule has 0 aliphatic carbocycles. The van der Waals surface area contributed by atoms with Gasteiger partial charge >= 0.3 is 0 Å². The molecular weight excluding hydrogens is 410 g/mol. The molecule has 0 bridgehead atoms. The van der Waals surface area contributed by atoms with Gasteiger partial charge in [-0.2, -0.15) is 0 Å². The van der Waals surface area contributed by atoms with Gasteiger partial charge in [0, 0.05) is 6.21 Å². The Morgan fingerprint density at radius 1 is 0.893 bits per heavy atom. The number of rotatable bonds is 5. The molecule has 0 atom stereocenters. The van der Waals surface area contributed by atoms with Gasteiger partial charge in [-0.25, -0.2) is 0 Å². The second-order valence-electron chi connectivity index (χ2n) is 6.66. The number of aryl methyl sites for hydroxylation is 1. The molecule has 0 N–H and O–H groups in total. The van der Waals surface area contributed by atoms with Crippen LogP contribution in [-0.4, -0.2) is 6.21 Å². The molecule has 0 saturated carbocycles. The first-order valence-electron chi connectivity index (χ1n) is 9.19. The van der Waals surface area contributed by atoms with Gasteiger partial charge in [0.15, 0.2) is 0 Å². The van der Waals surface area contributed by atoms with E-state index in [9.17, 15) is 0 Å². The Kier molecular flexibility index (Phi) is 5.54. The summed E-state index contributed by atoms with van der Waals surface area (Å²) in [7, 11) is 0. The summed E-state index contributed by atoms with van der Waals surface area (Å²) in [4.78, 5) is 4.59. The normalized spacial score (nSPS) is 11.2. The molecule has 0 aliphatic heterocycles. The summed E-state index contributed by atoms with van der Waals surface area (Å²) >= 11 is 3.62. The molecule has 0 unspecified atom stereocenters. The lowest BCUT2D eigenvalue weighted by molar-refractivity contribution is 0.305. The van der Waals surface area contributed by atoms with E-state index in [2.05, 4.69) is 76.4 Å². The standard InChI is InChI=1S/C25H20BrNO/c1-18-7-2-5-12-24(18)27-16-19-13-14-25(23(26)15-19)28-17-21-10-6-9-20-8-3-4-11-22(20)21/h2-16H,17H2,1H3. The topological polar surface area (TPSA) is 21.6 Å². The first-order valence-corrected chi connectivity index (χ1v) is 9.99. The minimum atomic E-state index is 0.524. The van der Waals surface area contributed by atoms with E-state index >= 15 is 0 Å². The van der Waals surface area contributed by atoms with Crippen molar-refractivity contribution in [2.24, 2.45) is 4.99 Å². The highest BCUT2D eigenvalue weighted by molar-refractivity contribution is 9.10. The monoisotopic (exact) mass is 429 g/mol. The Balaban J connectivity index is 1.50. The number of halogens is 1. The van der Waals surface area contributed by atoms with Crippen molar-refractivity contribution in [2.75, 3.05) is 0 Å². The van der Waals surface area contributed by atoms with E-state index in [1.54, 1.807) is 0 Å². The van der Waals surface area contributed by atoms with Crippen molar-refractivity contribution in [3.05, 3.63) is 106 Å². The zero-order valence-corrected chi connectivity index (χ0v) is 17.2. The summed E-state index contributed by atoms with van der Waals surface area (Å²) in [6.45, 7) is 2.59. The molecule has 2 nitrogen and oxygen atoms in total. The lowest BCUT2D eigenvalue weighted by atomic mass is 10.1. The molecule has 0 aromatic heterocycles. The van der Waals surface area contributed by atoms with Gasteiger partial charge in [0.2, 0.25) is 0 Å². The van der Waals surface area contributed by atoms with E-state index in [4.69, 9.17) is 4.74 Å². The molecule has 0 fully saturated rings. The van der Waals surface area contributed by atoms with Crippen LogP contribution in [0.2, 0.25) is 0 Å². The number of hydrogen-bond acceptors (Lipinski definition) is 2. The summed E-state index contributed by atoms with van der Waals surface area (Å²) in [5, 5.41) is 2.45. The van der Waals surface area contributed by atoms with Crippen LogP contribution >= 0.6 is 15.9 Å². The van der Waals surface area contributed by atoms with Crippen LogP contribution < -0.4 is 4.74 Å². The summed E-state index contributed by atoms with van der Waals surface area (Å²) < 4.78 is 6.99. The summed E-state index contributed by atoms with van der Waals surface area (Å²) in [5.74, 6) is 0.820. The average molecular weight is 430 g/mol. The van der Waals surface area contributed by atoms with Crippen LogP contribution in [0.5, 0.6) is 5.75 Å². The summed E-state index contributed by atoms with van der Waals surface area (Å²) in [5.41, 5.74) is 4.34. The quantitative estimate of drug-likeness (QED) is 0.306.